The van der Waals surface area contributed by atoms with E-state index in [2.05, 4.69) is 5.32 Å². The van der Waals surface area contributed by atoms with Gasteiger partial charge in [-0.15, -0.1) is 0 Å². The molecule has 2 bridgehead atoms. The molecule has 4 atom stereocenters. The number of hydrogen-bond donors (Lipinski definition) is 2. The molecule has 3 rings (SSSR count). The number of benzene rings is 1. The van der Waals surface area contributed by atoms with E-state index < -0.39 is 0 Å². The van der Waals surface area contributed by atoms with Gasteiger partial charge in [-0.05, 0) is 56.2 Å². The lowest BCUT2D eigenvalue weighted by atomic mass is 9.84. The zero-order chi connectivity index (χ0) is 15.0. The van der Waals surface area contributed by atoms with Crippen molar-refractivity contribution in [2.75, 3.05) is 11.9 Å². The molecule has 5 heteroatoms. The summed E-state index contributed by atoms with van der Waals surface area (Å²) in [5, 5.41) is 3.54. The smallest absolute Gasteiger partial charge is 0.229 e. The lowest BCUT2D eigenvalue weighted by Crippen LogP contribution is -2.42. The maximum atomic E-state index is 12.6. The van der Waals surface area contributed by atoms with Crippen molar-refractivity contribution in [2.24, 2.45) is 23.5 Å². The summed E-state index contributed by atoms with van der Waals surface area (Å²) in [6.07, 6.45) is 3.37. The molecule has 4 unspecified atom stereocenters. The number of hydrogen-bond acceptors (Lipinski definition) is 3. The third-order valence-corrected chi connectivity index (χ3v) is 5.02. The number of anilines is 1. The highest BCUT2D eigenvalue weighted by Crippen LogP contribution is 2.48. The van der Waals surface area contributed by atoms with Gasteiger partial charge < -0.3 is 15.8 Å². The molecule has 2 aliphatic rings. The second kappa shape index (κ2) is 5.85. The fourth-order valence-electron chi connectivity index (χ4n) is 3.82. The highest BCUT2D eigenvalue weighted by atomic mass is 35.5. The molecule has 0 radical (unpaired) electrons. The average Bonchev–Trinajstić information content (AvgIpc) is 3.02. The Morgan fingerprint density at radius 2 is 2.19 bits per heavy atom. The van der Waals surface area contributed by atoms with Gasteiger partial charge in [0.2, 0.25) is 5.91 Å². The van der Waals surface area contributed by atoms with Gasteiger partial charge in [0, 0.05) is 11.1 Å². The monoisotopic (exact) mass is 308 g/mol. The minimum Gasteiger partial charge on any atom is -0.492 e. The van der Waals surface area contributed by atoms with Crippen LogP contribution < -0.4 is 15.8 Å². The third-order valence-electron chi connectivity index (χ3n) is 4.78. The molecule has 21 heavy (non-hydrogen) atoms. The van der Waals surface area contributed by atoms with E-state index in [0.29, 0.717) is 34.9 Å². The molecule has 2 aliphatic carbocycles. The van der Waals surface area contributed by atoms with Gasteiger partial charge in [0.1, 0.15) is 5.75 Å². The van der Waals surface area contributed by atoms with E-state index in [1.54, 1.807) is 18.2 Å². The van der Waals surface area contributed by atoms with E-state index in [4.69, 9.17) is 22.1 Å². The van der Waals surface area contributed by atoms with Crippen molar-refractivity contribution >= 4 is 23.2 Å². The molecule has 4 nitrogen and oxygen atoms in total. The summed E-state index contributed by atoms with van der Waals surface area (Å²) in [5.41, 5.74) is 6.86. The summed E-state index contributed by atoms with van der Waals surface area (Å²) in [6, 6.07) is 5.25. The second-order valence-electron chi connectivity index (χ2n) is 6.00. The summed E-state index contributed by atoms with van der Waals surface area (Å²) in [5.74, 6) is 1.50. The molecule has 0 aromatic heterocycles. The molecule has 0 spiro atoms. The van der Waals surface area contributed by atoms with Crippen LogP contribution in [0.1, 0.15) is 26.2 Å². The molecule has 0 saturated heterocycles. The summed E-state index contributed by atoms with van der Waals surface area (Å²) in [6.45, 7) is 2.45. The number of nitrogens with one attached hydrogen (secondary N) is 1. The molecule has 2 saturated carbocycles. The first-order chi connectivity index (χ1) is 10.1. The standard InChI is InChI=1S/C16H21ClN2O2/c1-2-21-13-6-5-11(17)8-12(13)19-16(20)14-9-3-4-10(7-9)15(14)18/h5-6,8-10,14-15H,2-4,7,18H2,1H3,(H,19,20). The van der Waals surface area contributed by atoms with Crippen molar-refractivity contribution in [1.82, 2.24) is 0 Å². The van der Waals surface area contributed by atoms with Gasteiger partial charge in [-0.2, -0.15) is 0 Å². The molecular weight excluding hydrogens is 288 g/mol. The van der Waals surface area contributed by atoms with Crippen molar-refractivity contribution in [3.8, 4) is 5.75 Å². The summed E-state index contributed by atoms with van der Waals surface area (Å²) in [7, 11) is 0. The zero-order valence-electron chi connectivity index (χ0n) is 12.1. The van der Waals surface area contributed by atoms with Crippen LogP contribution in [0, 0.1) is 17.8 Å². The van der Waals surface area contributed by atoms with Crippen molar-refractivity contribution in [3.05, 3.63) is 23.2 Å². The van der Waals surface area contributed by atoms with E-state index in [1.807, 2.05) is 6.92 Å². The number of carbonyl (C=O) groups is 1. The van der Waals surface area contributed by atoms with Crippen LogP contribution in [0.2, 0.25) is 5.02 Å². The van der Waals surface area contributed by atoms with Crippen LogP contribution >= 0.6 is 11.6 Å². The molecule has 2 fully saturated rings. The van der Waals surface area contributed by atoms with Crippen molar-refractivity contribution in [3.63, 3.8) is 0 Å². The highest BCUT2D eigenvalue weighted by molar-refractivity contribution is 6.31. The van der Waals surface area contributed by atoms with Gasteiger partial charge in [0.05, 0.1) is 18.2 Å². The van der Waals surface area contributed by atoms with E-state index >= 15 is 0 Å². The Hall–Kier alpha value is -1.26. The molecule has 3 N–H and O–H groups in total. The highest BCUT2D eigenvalue weighted by Gasteiger charge is 2.49. The Labute approximate surface area is 130 Å². The maximum Gasteiger partial charge on any atom is 0.229 e. The Morgan fingerprint density at radius 1 is 1.43 bits per heavy atom. The fraction of sp³-hybridized carbons (Fsp3) is 0.562. The SMILES string of the molecule is CCOc1ccc(Cl)cc1NC(=O)C1C2CCC(C2)C1N. The molecule has 114 valence electrons. The molecule has 1 aromatic carbocycles. The van der Waals surface area contributed by atoms with Crippen LogP contribution in [0.15, 0.2) is 18.2 Å². The lowest BCUT2D eigenvalue weighted by Gasteiger charge is -2.27. The summed E-state index contributed by atoms with van der Waals surface area (Å²) >= 11 is 6.02. The summed E-state index contributed by atoms with van der Waals surface area (Å²) < 4.78 is 5.54. The Morgan fingerprint density at radius 3 is 2.86 bits per heavy atom. The summed E-state index contributed by atoms with van der Waals surface area (Å²) in [4.78, 5) is 12.6. The first kappa shape index (κ1) is 14.7. The lowest BCUT2D eigenvalue weighted by molar-refractivity contribution is -0.121. The van der Waals surface area contributed by atoms with Gasteiger partial charge in [-0.3, -0.25) is 4.79 Å². The predicted octanol–water partition coefficient (Wildman–Crippen LogP) is 3.05. The number of nitrogens with two attached hydrogens (primary N) is 1. The van der Waals surface area contributed by atoms with Crippen LogP contribution in [0.4, 0.5) is 5.69 Å². The van der Waals surface area contributed by atoms with Crippen LogP contribution in [0.5, 0.6) is 5.75 Å². The molecule has 1 amide bonds. The topological polar surface area (TPSA) is 64.3 Å². The minimum absolute atomic E-state index is 0.00193. The first-order valence-corrected chi connectivity index (χ1v) is 7.96. The normalized spacial score (nSPS) is 30.4. The Bertz CT molecular complexity index is 547. The zero-order valence-corrected chi connectivity index (χ0v) is 12.9. The largest absolute Gasteiger partial charge is 0.492 e. The van der Waals surface area contributed by atoms with Gasteiger partial charge in [0.25, 0.3) is 0 Å². The van der Waals surface area contributed by atoms with Crippen molar-refractivity contribution in [2.45, 2.75) is 32.2 Å². The van der Waals surface area contributed by atoms with Gasteiger partial charge >= 0.3 is 0 Å². The quantitative estimate of drug-likeness (QED) is 0.898. The number of amides is 1. The van der Waals surface area contributed by atoms with Crippen LogP contribution in [0.3, 0.4) is 0 Å². The number of halogens is 1. The van der Waals surface area contributed by atoms with Crippen LogP contribution in [-0.2, 0) is 4.79 Å². The molecule has 0 heterocycles. The van der Waals surface area contributed by atoms with E-state index in [1.165, 1.54) is 0 Å². The van der Waals surface area contributed by atoms with Crippen LogP contribution in [-0.4, -0.2) is 18.6 Å². The Balaban J connectivity index is 1.77. The molecular formula is C16H21ClN2O2. The van der Waals surface area contributed by atoms with E-state index in [0.717, 1.165) is 19.3 Å². The molecule has 1 aromatic rings. The number of ether oxygens (including phenoxy) is 1. The third kappa shape index (κ3) is 2.74. The van der Waals surface area contributed by atoms with Crippen molar-refractivity contribution < 1.29 is 9.53 Å². The fourth-order valence-corrected chi connectivity index (χ4v) is 3.99. The first-order valence-electron chi connectivity index (χ1n) is 7.59. The van der Waals surface area contributed by atoms with E-state index in [9.17, 15) is 4.79 Å². The van der Waals surface area contributed by atoms with Crippen molar-refractivity contribution in [1.29, 1.82) is 0 Å². The average molecular weight is 309 g/mol. The maximum absolute atomic E-state index is 12.6. The number of rotatable bonds is 4. The van der Waals surface area contributed by atoms with Crippen LogP contribution in [0.25, 0.3) is 0 Å². The Kier molecular flexibility index (Phi) is 4.09. The predicted molar refractivity (Wildman–Crippen MR) is 83.5 cm³/mol. The van der Waals surface area contributed by atoms with E-state index in [-0.39, 0.29) is 17.9 Å². The number of carbonyl (C=O) groups excluding carboxylic acids is 1. The second-order valence-corrected chi connectivity index (χ2v) is 6.44. The minimum atomic E-state index is -0.0859. The van der Waals surface area contributed by atoms with Gasteiger partial charge in [-0.25, -0.2) is 0 Å². The molecule has 0 aliphatic heterocycles. The van der Waals surface area contributed by atoms with Gasteiger partial charge in [-0.1, -0.05) is 11.6 Å². The number of fused-ring (bicyclic) bond motifs is 2. The van der Waals surface area contributed by atoms with Gasteiger partial charge in [0.15, 0.2) is 0 Å².